The van der Waals surface area contributed by atoms with Crippen LogP contribution in [0.2, 0.25) is 0 Å². The third-order valence-corrected chi connectivity index (χ3v) is 5.08. The fourth-order valence-electron chi connectivity index (χ4n) is 2.91. The molecule has 2 unspecified atom stereocenters. The van der Waals surface area contributed by atoms with Crippen molar-refractivity contribution in [2.24, 2.45) is 10.9 Å². The summed E-state index contributed by atoms with van der Waals surface area (Å²) in [6.07, 6.45) is 2.22. The van der Waals surface area contributed by atoms with Crippen LogP contribution in [0, 0.1) is 5.92 Å². The Bertz CT molecular complexity index is 644. The summed E-state index contributed by atoms with van der Waals surface area (Å²) in [5.41, 5.74) is 1.29. The van der Waals surface area contributed by atoms with Crippen molar-refractivity contribution in [3.05, 3.63) is 52.2 Å². The first kappa shape index (κ1) is 16.8. The van der Waals surface area contributed by atoms with Gasteiger partial charge in [0.15, 0.2) is 5.96 Å². The fraction of sp³-hybridized carbons (Fsp3) is 0.421. The van der Waals surface area contributed by atoms with Crippen LogP contribution in [0.5, 0.6) is 5.75 Å². The van der Waals surface area contributed by atoms with Crippen molar-refractivity contribution in [1.29, 1.82) is 0 Å². The standard InChI is InChI=1S/C19H25N3OS/c1-14(10-17-7-5-9-24-17)12-21-19(20-2)22-13-16-11-15-6-3-4-8-18(15)23-16/h3-9,14,16H,10-13H2,1-2H3,(H2,20,21,22). The lowest BCUT2D eigenvalue weighted by atomic mass is 10.1. The Hall–Kier alpha value is -2.01. The van der Waals surface area contributed by atoms with E-state index in [1.165, 1.54) is 10.4 Å². The monoisotopic (exact) mass is 343 g/mol. The first-order valence-corrected chi connectivity index (χ1v) is 9.34. The molecule has 0 fully saturated rings. The minimum atomic E-state index is 0.171. The first-order valence-electron chi connectivity index (χ1n) is 8.46. The lowest BCUT2D eigenvalue weighted by Crippen LogP contribution is -2.43. The molecule has 0 radical (unpaired) electrons. The third kappa shape index (κ3) is 4.51. The Labute approximate surface area is 148 Å². The van der Waals surface area contributed by atoms with E-state index in [2.05, 4.69) is 52.2 Å². The quantitative estimate of drug-likeness (QED) is 0.626. The van der Waals surface area contributed by atoms with Gasteiger partial charge in [-0.15, -0.1) is 11.3 Å². The summed E-state index contributed by atoms with van der Waals surface area (Å²) in [6, 6.07) is 12.6. The van der Waals surface area contributed by atoms with Gasteiger partial charge in [-0.3, -0.25) is 4.99 Å². The second kappa shape index (κ2) is 8.20. The van der Waals surface area contributed by atoms with Crippen LogP contribution in [0.25, 0.3) is 0 Å². The van der Waals surface area contributed by atoms with Gasteiger partial charge >= 0.3 is 0 Å². The first-order chi connectivity index (χ1) is 11.7. The summed E-state index contributed by atoms with van der Waals surface area (Å²) in [5.74, 6) is 2.42. The maximum atomic E-state index is 5.95. The number of nitrogens with zero attached hydrogens (tertiary/aromatic N) is 1. The van der Waals surface area contributed by atoms with Gasteiger partial charge in [-0.2, -0.15) is 0 Å². The van der Waals surface area contributed by atoms with E-state index in [1.807, 2.05) is 30.5 Å². The fourth-order valence-corrected chi connectivity index (χ4v) is 3.78. The molecule has 0 aliphatic carbocycles. The third-order valence-electron chi connectivity index (χ3n) is 4.18. The van der Waals surface area contributed by atoms with Crippen molar-refractivity contribution >= 4 is 17.3 Å². The number of hydrogen-bond donors (Lipinski definition) is 2. The van der Waals surface area contributed by atoms with Crippen molar-refractivity contribution < 1.29 is 4.74 Å². The van der Waals surface area contributed by atoms with E-state index in [4.69, 9.17) is 4.74 Å². The normalized spacial score (nSPS) is 17.9. The van der Waals surface area contributed by atoms with Gasteiger partial charge in [0.2, 0.25) is 0 Å². The highest BCUT2D eigenvalue weighted by Gasteiger charge is 2.22. The topological polar surface area (TPSA) is 45.7 Å². The van der Waals surface area contributed by atoms with E-state index in [0.717, 1.165) is 37.6 Å². The van der Waals surface area contributed by atoms with E-state index in [9.17, 15) is 0 Å². The van der Waals surface area contributed by atoms with Crippen LogP contribution >= 0.6 is 11.3 Å². The molecule has 5 heteroatoms. The van der Waals surface area contributed by atoms with Gasteiger partial charge in [0.05, 0.1) is 6.54 Å². The maximum absolute atomic E-state index is 5.95. The average molecular weight is 343 g/mol. The smallest absolute Gasteiger partial charge is 0.191 e. The molecule has 0 bridgehead atoms. The molecule has 1 aromatic carbocycles. The molecular formula is C19H25N3OS. The summed E-state index contributed by atoms with van der Waals surface area (Å²) in [5, 5.41) is 8.93. The van der Waals surface area contributed by atoms with E-state index in [0.29, 0.717) is 5.92 Å². The summed E-state index contributed by atoms with van der Waals surface area (Å²) in [4.78, 5) is 5.74. The molecule has 2 N–H and O–H groups in total. The number of hydrogen-bond acceptors (Lipinski definition) is 3. The Morgan fingerprint density at radius 3 is 2.92 bits per heavy atom. The molecule has 3 rings (SSSR count). The number of benzene rings is 1. The van der Waals surface area contributed by atoms with Crippen LogP contribution < -0.4 is 15.4 Å². The summed E-state index contributed by atoms with van der Waals surface area (Å²) in [6.45, 7) is 3.92. The van der Waals surface area contributed by atoms with E-state index in [1.54, 1.807) is 0 Å². The van der Waals surface area contributed by atoms with E-state index in [-0.39, 0.29) is 6.10 Å². The molecule has 1 aliphatic rings. The predicted molar refractivity (Wildman–Crippen MR) is 101 cm³/mol. The lowest BCUT2D eigenvalue weighted by Gasteiger charge is -2.17. The zero-order valence-corrected chi connectivity index (χ0v) is 15.1. The molecule has 2 atom stereocenters. The summed E-state index contributed by atoms with van der Waals surface area (Å²) in [7, 11) is 1.81. The number of para-hydroxylation sites is 1. The highest BCUT2D eigenvalue weighted by molar-refractivity contribution is 7.09. The zero-order chi connectivity index (χ0) is 16.8. The Morgan fingerprint density at radius 2 is 2.17 bits per heavy atom. The van der Waals surface area contributed by atoms with Crippen molar-refractivity contribution in [2.45, 2.75) is 25.9 Å². The summed E-state index contributed by atoms with van der Waals surface area (Å²) < 4.78 is 5.95. The molecule has 2 aromatic rings. The van der Waals surface area contributed by atoms with Crippen LogP contribution in [-0.2, 0) is 12.8 Å². The number of aliphatic imine (C=N–C) groups is 1. The van der Waals surface area contributed by atoms with Crippen LogP contribution in [0.4, 0.5) is 0 Å². The number of fused-ring (bicyclic) bond motifs is 1. The molecule has 24 heavy (non-hydrogen) atoms. The Kier molecular flexibility index (Phi) is 5.75. The molecule has 4 nitrogen and oxygen atoms in total. The summed E-state index contributed by atoms with van der Waals surface area (Å²) >= 11 is 1.82. The second-order valence-corrected chi connectivity index (χ2v) is 7.31. The number of nitrogens with one attached hydrogen (secondary N) is 2. The SMILES string of the molecule is CN=C(NCC(C)Cc1cccs1)NCC1Cc2ccccc2O1. The van der Waals surface area contributed by atoms with Gasteiger partial charge in [-0.1, -0.05) is 31.2 Å². The number of ether oxygens (including phenoxy) is 1. The molecule has 0 spiro atoms. The van der Waals surface area contributed by atoms with E-state index >= 15 is 0 Å². The molecule has 1 aromatic heterocycles. The van der Waals surface area contributed by atoms with Gasteiger partial charge in [0.1, 0.15) is 11.9 Å². The lowest BCUT2D eigenvalue weighted by molar-refractivity contribution is 0.235. The van der Waals surface area contributed by atoms with Gasteiger partial charge in [0, 0.05) is 24.9 Å². The molecule has 1 aliphatic heterocycles. The van der Waals surface area contributed by atoms with Gasteiger partial charge < -0.3 is 15.4 Å². The van der Waals surface area contributed by atoms with E-state index < -0.39 is 0 Å². The largest absolute Gasteiger partial charge is 0.488 e. The average Bonchev–Trinajstić information content (AvgIpc) is 3.23. The second-order valence-electron chi connectivity index (χ2n) is 6.27. The van der Waals surface area contributed by atoms with Crippen molar-refractivity contribution in [3.8, 4) is 5.75 Å². The van der Waals surface area contributed by atoms with Crippen molar-refractivity contribution in [2.75, 3.05) is 20.1 Å². The number of rotatable bonds is 6. The molecular weight excluding hydrogens is 318 g/mol. The number of guanidine groups is 1. The molecule has 0 saturated carbocycles. The highest BCUT2D eigenvalue weighted by Crippen LogP contribution is 2.27. The maximum Gasteiger partial charge on any atom is 0.191 e. The van der Waals surface area contributed by atoms with Crippen LogP contribution in [-0.4, -0.2) is 32.2 Å². The van der Waals surface area contributed by atoms with Gasteiger partial charge in [0.25, 0.3) is 0 Å². The Morgan fingerprint density at radius 1 is 1.29 bits per heavy atom. The zero-order valence-electron chi connectivity index (χ0n) is 14.3. The minimum absolute atomic E-state index is 0.171. The van der Waals surface area contributed by atoms with Crippen molar-refractivity contribution in [3.63, 3.8) is 0 Å². The molecule has 128 valence electrons. The highest BCUT2D eigenvalue weighted by atomic mass is 32.1. The van der Waals surface area contributed by atoms with Crippen LogP contribution in [0.15, 0.2) is 46.8 Å². The molecule has 2 heterocycles. The molecule has 0 amide bonds. The van der Waals surface area contributed by atoms with Gasteiger partial charge in [-0.25, -0.2) is 0 Å². The van der Waals surface area contributed by atoms with Crippen LogP contribution in [0.3, 0.4) is 0 Å². The minimum Gasteiger partial charge on any atom is -0.488 e. The predicted octanol–water partition coefficient (Wildman–Crippen LogP) is 3.10. The van der Waals surface area contributed by atoms with Gasteiger partial charge in [-0.05, 0) is 35.4 Å². The van der Waals surface area contributed by atoms with Crippen LogP contribution in [0.1, 0.15) is 17.4 Å². The number of thiophene rings is 1. The Balaban J connectivity index is 1.40. The van der Waals surface area contributed by atoms with Crippen molar-refractivity contribution in [1.82, 2.24) is 10.6 Å². The molecule has 0 saturated heterocycles.